The summed E-state index contributed by atoms with van der Waals surface area (Å²) in [4.78, 5) is 26.3. The first kappa shape index (κ1) is 14.9. The highest BCUT2D eigenvalue weighted by atomic mass is 32.2. The van der Waals surface area contributed by atoms with Gasteiger partial charge in [0.1, 0.15) is 5.76 Å². The van der Waals surface area contributed by atoms with Crippen molar-refractivity contribution in [2.24, 2.45) is 11.8 Å². The van der Waals surface area contributed by atoms with E-state index >= 15 is 0 Å². The molecular formula is C13H19N3O3S. The maximum absolute atomic E-state index is 12.1. The predicted molar refractivity (Wildman–Crippen MR) is 75.8 cm³/mol. The zero-order valence-corrected chi connectivity index (χ0v) is 12.2. The molecule has 1 aliphatic rings. The lowest BCUT2D eigenvalue weighted by molar-refractivity contribution is -0.133. The summed E-state index contributed by atoms with van der Waals surface area (Å²) in [6.07, 6.45) is 2.97. The molecule has 0 aromatic carbocycles. The molecule has 2 amide bonds. The first-order chi connectivity index (χ1) is 9.61. The van der Waals surface area contributed by atoms with Crippen molar-refractivity contribution in [3.63, 3.8) is 0 Å². The van der Waals surface area contributed by atoms with Crippen molar-refractivity contribution < 1.29 is 14.0 Å². The standard InChI is InChI=1S/C13H19N3O3S/c1-9-11(4-7-19-9)20-8-12(17)16-5-2-10(3-6-16)13(18)15-14/h4,7,10H,2-3,5-6,8,14H2,1H3,(H,15,18). The number of hydrazine groups is 1. The molecule has 1 aliphatic heterocycles. The highest BCUT2D eigenvalue weighted by Gasteiger charge is 2.26. The minimum Gasteiger partial charge on any atom is -0.468 e. The van der Waals surface area contributed by atoms with Crippen molar-refractivity contribution in [1.82, 2.24) is 10.3 Å². The molecule has 0 aliphatic carbocycles. The van der Waals surface area contributed by atoms with Gasteiger partial charge in [-0.05, 0) is 25.8 Å². The quantitative estimate of drug-likeness (QED) is 0.373. The number of hydrogen-bond acceptors (Lipinski definition) is 5. The number of furan rings is 1. The highest BCUT2D eigenvalue weighted by molar-refractivity contribution is 8.00. The summed E-state index contributed by atoms with van der Waals surface area (Å²) in [5, 5.41) is 0. The molecule has 3 N–H and O–H groups in total. The Morgan fingerprint density at radius 2 is 2.20 bits per heavy atom. The van der Waals surface area contributed by atoms with Crippen LogP contribution in [0.3, 0.4) is 0 Å². The highest BCUT2D eigenvalue weighted by Crippen LogP contribution is 2.24. The van der Waals surface area contributed by atoms with E-state index in [0.29, 0.717) is 31.7 Å². The van der Waals surface area contributed by atoms with E-state index < -0.39 is 0 Å². The number of nitrogens with two attached hydrogens (primary N) is 1. The Morgan fingerprint density at radius 3 is 2.75 bits per heavy atom. The molecule has 7 heteroatoms. The van der Waals surface area contributed by atoms with Gasteiger partial charge >= 0.3 is 0 Å². The summed E-state index contributed by atoms with van der Waals surface area (Å²) in [6, 6.07) is 1.87. The maximum atomic E-state index is 12.1. The van der Waals surface area contributed by atoms with Gasteiger partial charge in [-0.25, -0.2) is 5.84 Å². The fourth-order valence-electron chi connectivity index (χ4n) is 2.26. The van der Waals surface area contributed by atoms with Crippen molar-refractivity contribution in [2.75, 3.05) is 18.8 Å². The molecule has 110 valence electrons. The van der Waals surface area contributed by atoms with Gasteiger partial charge < -0.3 is 9.32 Å². The van der Waals surface area contributed by atoms with E-state index in [0.717, 1.165) is 10.7 Å². The lowest BCUT2D eigenvalue weighted by Gasteiger charge is -2.31. The average molecular weight is 297 g/mol. The zero-order chi connectivity index (χ0) is 14.5. The number of carbonyl (C=O) groups is 2. The Kier molecular flexibility index (Phi) is 5.08. The van der Waals surface area contributed by atoms with Gasteiger partial charge in [0.05, 0.1) is 12.0 Å². The second-order valence-corrected chi connectivity index (χ2v) is 5.81. The van der Waals surface area contributed by atoms with Crippen LogP contribution in [0.2, 0.25) is 0 Å². The average Bonchev–Trinajstić information content (AvgIpc) is 2.89. The Balaban J connectivity index is 1.77. The molecule has 0 radical (unpaired) electrons. The van der Waals surface area contributed by atoms with Crippen LogP contribution in [0.5, 0.6) is 0 Å². The number of piperidine rings is 1. The monoisotopic (exact) mass is 297 g/mol. The predicted octanol–water partition coefficient (Wildman–Crippen LogP) is 0.909. The molecular weight excluding hydrogens is 278 g/mol. The van der Waals surface area contributed by atoms with Crippen LogP contribution in [-0.2, 0) is 9.59 Å². The fourth-order valence-corrected chi connectivity index (χ4v) is 3.13. The van der Waals surface area contributed by atoms with Gasteiger partial charge in [0, 0.05) is 23.9 Å². The van der Waals surface area contributed by atoms with Crippen molar-refractivity contribution in [3.05, 3.63) is 18.1 Å². The lowest BCUT2D eigenvalue weighted by Crippen LogP contribution is -2.45. The Morgan fingerprint density at radius 1 is 1.50 bits per heavy atom. The number of hydrogen-bond donors (Lipinski definition) is 2. The van der Waals surface area contributed by atoms with Gasteiger partial charge in [-0.15, -0.1) is 11.8 Å². The molecule has 20 heavy (non-hydrogen) atoms. The van der Waals surface area contributed by atoms with Crippen LogP contribution in [-0.4, -0.2) is 35.6 Å². The Labute approximate surface area is 122 Å². The summed E-state index contributed by atoms with van der Waals surface area (Å²) < 4.78 is 5.19. The van der Waals surface area contributed by atoms with Crippen LogP contribution in [0.25, 0.3) is 0 Å². The van der Waals surface area contributed by atoms with Crippen LogP contribution in [0, 0.1) is 12.8 Å². The minimum atomic E-state index is -0.138. The van der Waals surface area contributed by atoms with Crippen molar-refractivity contribution in [2.45, 2.75) is 24.7 Å². The van der Waals surface area contributed by atoms with Gasteiger partial charge in [-0.3, -0.25) is 15.0 Å². The first-order valence-electron chi connectivity index (χ1n) is 6.57. The Bertz CT molecular complexity index is 481. The SMILES string of the molecule is Cc1occc1SCC(=O)N1CCC(C(=O)NN)CC1. The minimum absolute atomic E-state index is 0.0761. The second-order valence-electron chi connectivity index (χ2n) is 4.79. The van der Waals surface area contributed by atoms with Crippen LogP contribution >= 0.6 is 11.8 Å². The van der Waals surface area contributed by atoms with Crippen molar-refractivity contribution >= 4 is 23.6 Å². The summed E-state index contributed by atoms with van der Waals surface area (Å²) >= 11 is 1.48. The number of amides is 2. The fraction of sp³-hybridized carbons (Fsp3) is 0.538. The molecule has 0 spiro atoms. The molecule has 0 bridgehead atoms. The molecule has 1 aromatic rings. The smallest absolute Gasteiger partial charge is 0.237 e. The van der Waals surface area contributed by atoms with Crippen LogP contribution < -0.4 is 11.3 Å². The maximum Gasteiger partial charge on any atom is 0.237 e. The van der Waals surface area contributed by atoms with Crippen LogP contribution in [0.1, 0.15) is 18.6 Å². The second kappa shape index (κ2) is 6.81. The normalized spacial score (nSPS) is 16.2. The number of nitrogens with zero attached hydrogens (tertiary/aromatic N) is 1. The Hall–Kier alpha value is -1.47. The largest absolute Gasteiger partial charge is 0.468 e. The van der Waals surface area contributed by atoms with E-state index in [-0.39, 0.29) is 17.7 Å². The molecule has 1 aromatic heterocycles. The van der Waals surface area contributed by atoms with Crippen molar-refractivity contribution in [3.8, 4) is 0 Å². The molecule has 1 fully saturated rings. The number of likely N-dealkylation sites (tertiary alicyclic amines) is 1. The van der Waals surface area contributed by atoms with E-state index in [1.54, 1.807) is 6.26 Å². The van der Waals surface area contributed by atoms with E-state index in [9.17, 15) is 9.59 Å². The van der Waals surface area contributed by atoms with E-state index in [4.69, 9.17) is 10.3 Å². The number of carbonyl (C=O) groups excluding carboxylic acids is 2. The number of nitrogens with one attached hydrogen (secondary N) is 1. The molecule has 0 saturated carbocycles. The zero-order valence-electron chi connectivity index (χ0n) is 11.4. The van der Waals surface area contributed by atoms with Crippen LogP contribution in [0.15, 0.2) is 21.6 Å². The summed E-state index contributed by atoms with van der Waals surface area (Å²) in [5.74, 6) is 6.24. The lowest BCUT2D eigenvalue weighted by atomic mass is 9.96. The summed E-state index contributed by atoms with van der Waals surface area (Å²) in [6.45, 7) is 3.10. The van der Waals surface area contributed by atoms with Gasteiger partial charge in [0.25, 0.3) is 0 Å². The van der Waals surface area contributed by atoms with E-state index in [1.807, 2.05) is 17.9 Å². The molecule has 1 saturated heterocycles. The van der Waals surface area contributed by atoms with Gasteiger partial charge in [-0.2, -0.15) is 0 Å². The first-order valence-corrected chi connectivity index (χ1v) is 7.55. The van der Waals surface area contributed by atoms with Crippen molar-refractivity contribution in [1.29, 1.82) is 0 Å². The number of aryl methyl sites for hydroxylation is 1. The van der Waals surface area contributed by atoms with Gasteiger partial charge in [-0.1, -0.05) is 0 Å². The number of rotatable bonds is 4. The third kappa shape index (κ3) is 3.55. The number of thioether (sulfide) groups is 1. The molecule has 0 atom stereocenters. The van der Waals surface area contributed by atoms with Crippen LogP contribution in [0.4, 0.5) is 0 Å². The third-order valence-electron chi connectivity index (χ3n) is 3.52. The molecule has 2 heterocycles. The van der Waals surface area contributed by atoms with E-state index in [1.165, 1.54) is 11.8 Å². The molecule has 0 unspecified atom stereocenters. The van der Waals surface area contributed by atoms with Gasteiger partial charge in [0.2, 0.25) is 11.8 Å². The molecule has 6 nitrogen and oxygen atoms in total. The van der Waals surface area contributed by atoms with Gasteiger partial charge in [0.15, 0.2) is 0 Å². The third-order valence-corrected chi connectivity index (χ3v) is 4.65. The topological polar surface area (TPSA) is 88.6 Å². The summed E-state index contributed by atoms with van der Waals surface area (Å²) in [5.41, 5.74) is 2.17. The molecule has 2 rings (SSSR count). The summed E-state index contributed by atoms with van der Waals surface area (Å²) in [7, 11) is 0. The van der Waals surface area contributed by atoms with E-state index in [2.05, 4.69) is 5.43 Å².